The molecule has 14 heavy (non-hydrogen) atoms. The molecule has 0 spiro atoms. The zero-order valence-corrected chi connectivity index (χ0v) is 8.02. The van der Waals surface area contributed by atoms with Gasteiger partial charge < -0.3 is 5.11 Å². The summed E-state index contributed by atoms with van der Waals surface area (Å²) in [6, 6.07) is 4.76. The van der Waals surface area contributed by atoms with E-state index >= 15 is 0 Å². The Morgan fingerprint density at radius 3 is 2.29 bits per heavy atom. The van der Waals surface area contributed by atoms with Crippen LogP contribution in [0.1, 0.15) is 10.5 Å². The first kappa shape index (κ1) is 12.7. The average molecular weight is 188 g/mol. The van der Waals surface area contributed by atoms with Gasteiger partial charge in [0.25, 0.3) is 0 Å². The third kappa shape index (κ3) is 6.23. The number of nitrogens with one attached hydrogen (secondary N) is 1. The molecule has 70 valence electrons. The summed E-state index contributed by atoms with van der Waals surface area (Å²) in [4.78, 5) is 23.4. The molecule has 0 saturated heterocycles. The molecule has 0 bridgehead atoms. The number of carboxylic acid groups (broad SMARTS) is 1. The van der Waals surface area contributed by atoms with Crippen LogP contribution in [0, 0.1) is 0 Å². The number of carboxylic acids is 1. The molecule has 0 aliphatic rings. The van der Waals surface area contributed by atoms with Gasteiger partial charge in [-0.1, -0.05) is 6.07 Å². The molecule has 0 aromatic carbocycles. The topological polar surface area (TPSA) is 79.3 Å². The van der Waals surface area contributed by atoms with E-state index in [1.165, 1.54) is 30.0 Å². The molecule has 0 radical (unpaired) electrons. The van der Waals surface area contributed by atoms with Crippen molar-refractivity contribution in [1.29, 1.82) is 0 Å². The van der Waals surface area contributed by atoms with Gasteiger partial charge >= 0.3 is 45.4 Å². The number of aromatic carboxylic acids is 1. The van der Waals surface area contributed by atoms with E-state index < -0.39 is 5.97 Å². The molecule has 1 heterocycles. The number of carbonyl (C=O) groups is 2. The quantitative estimate of drug-likeness (QED) is 0.620. The van der Waals surface area contributed by atoms with Crippen molar-refractivity contribution in [2.75, 3.05) is 7.05 Å². The number of pyridine rings is 1. The molecule has 6 heteroatoms. The molecule has 0 saturated carbocycles. The van der Waals surface area contributed by atoms with Gasteiger partial charge in [0.2, 0.25) is 0 Å². The summed E-state index contributed by atoms with van der Waals surface area (Å²) in [6.45, 7) is 0. The van der Waals surface area contributed by atoms with Crippen LogP contribution in [-0.4, -0.2) is 45.4 Å². The number of rotatable bonds is 1. The van der Waals surface area contributed by atoms with Gasteiger partial charge in [0, 0.05) is 6.20 Å². The molecule has 1 rings (SSSR count). The van der Waals surface area contributed by atoms with Crippen LogP contribution in [0.3, 0.4) is 0 Å². The van der Waals surface area contributed by atoms with E-state index in [1.54, 1.807) is 19.2 Å². The molecular formula is C8H9LiN2O3. The normalized spacial score (nSPS) is 8.21. The third-order valence-electron chi connectivity index (χ3n) is 1.24. The van der Waals surface area contributed by atoms with E-state index in [2.05, 4.69) is 10.3 Å². The van der Waals surface area contributed by atoms with Crippen LogP contribution in [-0.2, 0) is 0 Å². The van der Waals surface area contributed by atoms with Crippen molar-refractivity contribution in [3.05, 3.63) is 30.1 Å². The SMILES string of the molecule is O=C(O)c1ccccn1.[Li][C](=O)NC. The number of hydrogen-bond donors (Lipinski definition) is 2. The summed E-state index contributed by atoms with van der Waals surface area (Å²) in [6.07, 6.45) is 1.45. The summed E-state index contributed by atoms with van der Waals surface area (Å²) in [7, 11) is 1.60. The van der Waals surface area contributed by atoms with Gasteiger partial charge in [-0.3, -0.25) is 0 Å². The number of aromatic nitrogens is 1. The standard InChI is InChI=1S/C6H5NO2.C2H4NO.Li/c8-6(9)5-3-1-2-4-7-5;1-3-2-4;/h1-4H,(H,8,9);1H3,(H,3,4);. The Morgan fingerprint density at radius 1 is 1.50 bits per heavy atom. The van der Waals surface area contributed by atoms with Crippen LogP contribution >= 0.6 is 0 Å². The number of nitrogens with zero attached hydrogens (tertiary/aromatic N) is 1. The Bertz CT molecular complexity index is 303. The Hall–Kier alpha value is -1.31. The average Bonchev–Trinajstić information content (AvgIpc) is 2.20. The molecule has 1 aromatic rings. The van der Waals surface area contributed by atoms with Crippen molar-refractivity contribution < 1.29 is 14.7 Å². The fourth-order valence-corrected chi connectivity index (χ4v) is 0.489. The van der Waals surface area contributed by atoms with Crippen LogP contribution in [0.4, 0.5) is 4.79 Å². The van der Waals surface area contributed by atoms with E-state index in [1.807, 2.05) is 0 Å². The third-order valence-corrected chi connectivity index (χ3v) is 1.24. The maximum atomic E-state index is 10.1. The monoisotopic (exact) mass is 188 g/mol. The van der Waals surface area contributed by atoms with Crippen LogP contribution in [0.2, 0.25) is 0 Å². The summed E-state index contributed by atoms with van der Waals surface area (Å²) in [5.41, 5.74) is 0.0810. The predicted octanol–water partition coefficient (Wildman–Crippen LogP) is 0.274. The van der Waals surface area contributed by atoms with Gasteiger partial charge in [-0.25, -0.2) is 9.78 Å². The summed E-state index contributed by atoms with van der Waals surface area (Å²) in [5.74, 6) is -0.990. The molecular weight excluding hydrogens is 179 g/mol. The minimum atomic E-state index is -0.990. The van der Waals surface area contributed by atoms with Gasteiger partial charge in [0.05, 0.1) is 0 Å². The van der Waals surface area contributed by atoms with Crippen LogP contribution in [0.5, 0.6) is 0 Å². The Morgan fingerprint density at radius 2 is 2.07 bits per heavy atom. The van der Waals surface area contributed by atoms with Crippen molar-refractivity contribution in [2.24, 2.45) is 0 Å². The van der Waals surface area contributed by atoms with Crippen molar-refractivity contribution in [3.63, 3.8) is 0 Å². The number of carbonyl (C=O) groups excluding carboxylic acids is 1. The Labute approximate surface area is 90.7 Å². The second kappa shape index (κ2) is 7.13. The molecule has 0 fully saturated rings. The zero-order chi connectivity index (χ0) is 11.0. The molecule has 0 unspecified atom stereocenters. The van der Waals surface area contributed by atoms with E-state index in [-0.39, 0.29) is 10.3 Å². The predicted molar refractivity (Wildman–Crippen MR) is 51.4 cm³/mol. The van der Waals surface area contributed by atoms with Crippen molar-refractivity contribution in [3.8, 4) is 0 Å². The van der Waals surface area contributed by atoms with Gasteiger partial charge in [-0.2, -0.15) is 0 Å². The van der Waals surface area contributed by atoms with E-state index in [0.29, 0.717) is 0 Å². The second-order valence-corrected chi connectivity index (χ2v) is 2.33. The van der Waals surface area contributed by atoms with Crippen LogP contribution in [0.15, 0.2) is 24.4 Å². The Balaban J connectivity index is 0.000000292. The van der Waals surface area contributed by atoms with Gasteiger partial charge in [0.15, 0.2) is 0 Å². The fourth-order valence-electron chi connectivity index (χ4n) is 0.489. The first-order valence-electron chi connectivity index (χ1n) is 3.90. The number of amides is 1. The molecule has 5 nitrogen and oxygen atoms in total. The van der Waals surface area contributed by atoms with E-state index in [0.717, 1.165) is 0 Å². The first-order chi connectivity index (χ1) is 6.57. The fraction of sp³-hybridized carbons (Fsp3) is 0.125. The van der Waals surface area contributed by atoms with E-state index in [9.17, 15) is 9.59 Å². The van der Waals surface area contributed by atoms with Gasteiger partial charge in [-0.05, 0) is 12.1 Å². The van der Waals surface area contributed by atoms with Crippen molar-refractivity contribution in [1.82, 2.24) is 10.3 Å². The maximum absolute atomic E-state index is 10.1. The van der Waals surface area contributed by atoms with E-state index in [4.69, 9.17) is 5.11 Å². The first-order valence-corrected chi connectivity index (χ1v) is 3.90. The molecule has 2 N–H and O–H groups in total. The van der Waals surface area contributed by atoms with Crippen molar-refractivity contribution in [2.45, 2.75) is 0 Å². The summed E-state index contributed by atoms with van der Waals surface area (Å²) < 4.78 is 0.00463. The van der Waals surface area contributed by atoms with Gasteiger partial charge in [-0.15, -0.1) is 0 Å². The van der Waals surface area contributed by atoms with Crippen LogP contribution in [0.25, 0.3) is 0 Å². The van der Waals surface area contributed by atoms with Gasteiger partial charge in [0.1, 0.15) is 5.69 Å². The Kier molecular flexibility index (Phi) is 6.46. The second-order valence-electron chi connectivity index (χ2n) is 2.33. The van der Waals surface area contributed by atoms with Crippen molar-refractivity contribution >= 4 is 28.3 Å². The summed E-state index contributed by atoms with van der Waals surface area (Å²) >= 11 is 1.47. The minimum absolute atomic E-state index is 0.00463. The molecule has 0 atom stereocenters. The number of hydrogen-bond acceptors (Lipinski definition) is 3. The summed E-state index contributed by atoms with van der Waals surface area (Å²) in [5, 5.41) is 10.7. The van der Waals surface area contributed by atoms with Crippen LogP contribution < -0.4 is 5.32 Å². The molecule has 1 aromatic heterocycles. The zero-order valence-electron chi connectivity index (χ0n) is 8.02. The molecule has 0 aliphatic heterocycles. The molecule has 1 amide bonds. The molecule has 0 aliphatic carbocycles.